The molecule has 0 bridgehead atoms. The SMILES string of the molecule is CCN(CC1CCOC1)C(=O)c1cccc(Br)c1Cl. The molecule has 1 unspecified atom stereocenters. The molecule has 0 radical (unpaired) electrons. The number of rotatable bonds is 4. The normalized spacial score (nSPS) is 18.6. The lowest BCUT2D eigenvalue weighted by atomic mass is 10.1. The number of carbonyl (C=O) groups is 1. The van der Waals surface area contributed by atoms with Crippen LogP contribution in [-0.2, 0) is 4.74 Å². The molecule has 1 saturated heterocycles. The summed E-state index contributed by atoms with van der Waals surface area (Å²) < 4.78 is 6.11. The van der Waals surface area contributed by atoms with Crippen molar-refractivity contribution in [1.82, 2.24) is 4.90 Å². The monoisotopic (exact) mass is 345 g/mol. The number of nitrogens with zero attached hydrogens (tertiary/aromatic N) is 1. The van der Waals surface area contributed by atoms with Crippen molar-refractivity contribution in [3.8, 4) is 0 Å². The zero-order chi connectivity index (χ0) is 13.8. The number of halogens is 2. The average molecular weight is 347 g/mol. The lowest BCUT2D eigenvalue weighted by molar-refractivity contribution is 0.0731. The number of hydrogen-bond donors (Lipinski definition) is 0. The number of ether oxygens (including phenoxy) is 1. The quantitative estimate of drug-likeness (QED) is 0.833. The molecule has 2 rings (SSSR count). The second-order valence-electron chi connectivity index (χ2n) is 4.67. The van der Waals surface area contributed by atoms with Gasteiger partial charge in [0, 0.05) is 30.1 Å². The van der Waals surface area contributed by atoms with Crippen molar-refractivity contribution in [2.75, 3.05) is 26.3 Å². The van der Waals surface area contributed by atoms with Crippen LogP contribution < -0.4 is 0 Å². The third kappa shape index (κ3) is 3.50. The average Bonchev–Trinajstić information content (AvgIpc) is 2.91. The van der Waals surface area contributed by atoms with Gasteiger partial charge in [0.2, 0.25) is 0 Å². The van der Waals surface area contributed by atoms with Crippen molar-refractivity contribution in [2.24, 2.45) is 5.92 Å². The summed E-state index contributed by atoms with van der Waals surface area (Å²) in [6.07, 6.45) is 1.02. The molecule has 1 heterocycles. The Bertz CT molecular complexity index is 461. The molecule has 1 aliphatic rings. The van der Waals surface area contributed by atoms with Gasteiger partial charge < -0.3 is 9.64 Å². The molecule has 0 aliphatic carbocycles. The van der Waals surface area contributed by atoms with Crippen LogP contribution in [0, 0.1) is 5.92 Å². The number of benzene rings is 1. The Morgan fingerprint density at radius 1 is 1.58 bits per heavy atom. The van der Waals surface area contributed by atoms with Gasteiger partial charge in [-0.1, -0.05) is 17.7 Å². The van der Waals surface area contributed by atoms with Crippen LogP contribution in [0.3, 0.4) is 0 Å². The number of carbonyl (C=O) groups excluding carboxylic acids is 1. The minimum atomic E-state index is -0.0132. The molecule has 5 heteroatoms. The van der Waals surface area contributed by atoms with E-state index in [1.807, 2.05) is 24.0 Å². The number of hydrogen-bond acceptors (Lipinski definition) is 2. The van der Waals surface area contributed by atoms with Crippen molar-refractivity contribution < 1.29 is 9.53 Å². The molecule has 19 heavy (non-hydrogen) atoms. The molecular weight excluding hydrogens is 330 g/mol. The molecule has 3 nitrogen and oxygen atoms in total. The van der Waals surface area contributed by atoms with Gasteiger partial charge in [0.25, 0.3) is 5.91 Å². The third-order valence-corrected chi connectivity index (χ3v) is 4.65. The van der Waals surface area contributed by atoms with E-state index in [2.05, 4.69) is 15.9 Å². The summed E-state index contributed by atoms with van der Waals surface area (Å²) in [5.41, 5.74) is 0.553. The summed E-state index contributed by atoms with van der Waals surface area (Å²) in [6.45, 7) is 4.94. The van der Waals surface area contributed by atoms with Gasteiger partial charge in [0.15, 0.2) is 0 Å². The van der Waals surface area contributed by atoms with Crippen LogP contribution in [0.25, 0.3) is 0 Å². The van der Waals surface area contributed by atoms with Crippen LogP contribution in [-0.4, -0.2) is 37.1 Å². The summed E-state index contributed by atoms with van der Waals surface area (Å²) in [7, 11) is 0. The van der Waals surface area contributed by atoms with Gasteiger partial charge in [-0.05, 0) is 41.4 Å². The Hall–Kier alpha value is -0.580. The maximum atomic E-state index is 12.5. The van der Waals surface area contributed by atoms with Gasteiger partial charge in [0.1, 0.15) is 0 Å². The Kier molecular flexibility index (Phi) is 5.25. The predicted molar refractivity (Wildman–Crippen MR) is 79.7 cm³/mol. The van der Waals surface area contributed by atoms with Crippen LogP contribution in [0.4, 0.5) is 0 Å². The lowest BCUT2D eigenvalue weighted by Gasteiger charge is -2.24. The van der Waals surface area contributed by atoms with E-state index in [1.54, 1.807) is 6.07 Å². The van der Waals surface area contributed by atoms with Gasteiger partial charge >= 0.3 is 0 Å². The van der Waals surface area contributed by atoms with Gasteiger partial charge in [-0.15, -0.1) is 0 Å². The van der Waals surface area contributed by atoms with E-state index < -0.39 is 0 Å². The molecule has 0 saturated carbocycles. The molecule has 1 aliphatic heterocycles. The van der Waals surface area contributed by atoms with Crippen LogP contribution in [0.5, 0.6) is 0 Å². The summed E-state index contributed by atoms with van der Waals surface area (Å²) >= 11 is 9.54. The molecule has 0 spiro atoms. The Balaban J connectivity index is 2.13. The molecular formula is C14H17BrClNO2. The zero-order valence-electron chi connectivity index (χ0n) is 10.9. The topological polar surface area (TPSA) is 29.5 Å². The lowest BCUT2D eigenvalue weighted by Crippen LogP contribution is -2.35. The van der Waals surface area contributed by atoms with E-state index in [4.69, 9.17) is 16.3 Å². The summed E-state index contributed by atoms with van der Waals surface area (Å²) in [4.78, 5) is 14.4. The van der Waals surface area contributed by atoms with E-state index in [0.29, 0.717) is 23.0 Å². The smallest absolute Gasteiger partial charge is 0.255 e. The van der Waals surface area contributed by atoms with E-state index in [-0.39, 0.29) is 5.91 Å². The second kappa shape index (κ2) is 6.73. The van der Waals surface area contributed by atoms with E-state index >= 15 is 0 Å². The maximum Gasteiger partial charge on any atom is 0.255 e. The Morgan fingerprint density at radius 2 is 2.37 bits per heavy atom. The van der Waals surface area contributed by atoms with E-state index in [9.17, 15) is 4.79 Å². The van der Waals surface area contributed by atoms with Crippen molar-refractivity contribution in [1.29, 1.82) is 0 Å². The molecule has 1 atom stereocenters. The molecule has 1 aromatic rings. The summed E-state index contributed by atoms with van der Waals surface area (Å²) in [5.74, 6) is 0.426. The highest BCUT2D eigenvalue weighted by Crippen LogP contribution is 2.27. The van der Waals surface area contributed by atoms with Crippen molar-refractivity contribution in [3.05, 3.63) is 33.3 Å². The summed E-state index contributed by atoms with van der Waals surface area (Å²) in [6, 6.07) is 5.43. The van der Waals surface area contributed by atoms with Crippen LogP contribution in [0.15, 0.2) is 22.7 Å². The zero-order valence-corrected chi connectivity index (χ0v) is 13.2. The summed E-state index contributed by atoms with van der Waals surface area (Å²) in [5, 5.41) is 0.480. The van der Waals surface area contributed by atoms with Crippen LogP contribution in [0.2, 0.25) is 5.02 Å². The minimum Gasteiger partial charge on any atom is -0.381 e. The first kappa shape index (κ1) is 14.8. The van der Waals surface area contributed by atoms with Crippen LogP contribution in [0.1, 0.15) is 23.7 Å². The van der Waals surface area contributed by atoms with Gasteiger partial charge in [0.05, 0.1) is 17.2 Å². The first-order valence-electron chi connectivity index (χ1n) is 6.44. The second-order valence-corrected chi connectivity index (χ2v) is 5.91. The van der Waals surface area contributed by atoms with Crippen LogP contribution >= 0.6 is 27.5 Å². The van der Waals surface area contributed by atoms with Crippen molar-refractivity contribution in [2.45, 2.75) is 13.3 Å². The molecule has 104 valence electrons. The standard InChI is InChI=1S/C14H17BrClNO2/c1-2-17(8-10-6-7-19-9-10)14(18)11-4-3-5-12(15)13(11)16/h3-5,10H,2,6-9H2,1H3. The fourth-order valence-corrected chi connectivity index (χ4v) is 2.81. The maximum absolute atomic E-state index is 12.5. The van der Waals surface area contributed by atoms with Gasteiger partial charge in [-0.3, -0.25) is 4.79 Å². The minimum absolute atomic E-state index is 0.0132. The van der Waals surface area contributed by atoms with E-state index in [0.717, 1.165) is 30.7 Å². The van der Waals surface area contributed by atoms with Gasteiger partial charge in [-0.2, -0.15) is 0 Å². The third-order valence-electron chi connectivity index (χ3n) is 3.35. The highest BCUT2D eigenvalue weighted by atomic mass is 79.9. The fraction of sp³-hybridized carbons (Fsp3) is 0.500. The van der Waals surface area contributed by atoms with Crippen molar-refractivity contribution >= 4 is 33.4 Å². The Labute approximate surface area is 127 Å². The molecule has 0 aromatic heterocycles. The van der Waals surface area contributed by atoms with Gasteiger partial charge in [-0.25, -0.2) is 0 Å². The molecule has 1 amide bonds. The molecule has 1 aromatic carbocycles. The first-order chi connectivity index (χ1) is 9.13. The Morgan fingerprint density at radius 3 is 3.00 bits per heavy atom. The fourth-order valence-electron chi connectivity index (χ4n) is 2.23. The highest BCUT2D eigenvalue weighted by Gasteiger charge is 2.23. The number of amides is 1. The van der Waals surface area contributed by atoms with E-state index in [1.165, 1.54) is 0 Å². The molecule has 1 fully saturated rings. The predicted octanol–water partition coefficient (Wildman–Crippen LogP) is 3.60. The largest absolute Gasteiger partial charge is 0.381 e. The first-order valence-corrected chi connectivity index (χ1v) is 7.61. The highest BCUT2D eigenvalue weighted by molar-refractivity contribution is 9.10. The van der Waals surface area contributed by atoms with Crippen molar-refractivity contribution in [3.63, 3.8) is 0 Å². The molecule has 0 N–H and O–H groups in total.